The summed E-state index contributed by atoms with van der Waals surface area (Å²) in [4.78, 5) is 22.3. The van der Waals surface area contributed by atoms with Crippen molar-refractivity contribution in [2.75, 3.05) is 24.5 Å². The second-order valence-electron chi connectivity index (χ2n) is 5.72. The third-order valence-corrected chi connectivity index (χ3v) is 4.47. The molecular formula is C13H14F2N4O. The van der Waals surface area contributed by atoms with Gasteiger partial charge in [0.05, 0.1) is 11.8 Å². The first-order valence-corrected chi connectivity index (χ1v) is 6.77. The zero-order valence-corrected chi connectivity index (χ0v) is 11.0. The van der Waals surface area contributed by atoms with Crippen LogP contribution in [0.1, 0.15) is 21.9 Å². The first-order chi connectivity index (χ1) is 9.48. The van der Waals surface area contributed by atoms with Crippen LogP contribution in [0.5, 0.6) is 0 Å². The Hall–Kier alpha value is -1.79. The molecule has 0 aromatic carbocycles. The third-order valence-electron chi connectivity index (χ3n) is 4.47. The van der Waals surface area contributed by atoms with E-state index in [1.165, 1.54) is 0 Å². The highest BCUT2D eigenvalue weighted by atomic mass is 19.3. The summed E-state index contributed by atoms with van der Waals surface area (Å²) >= 11 is 0. The third kappa shape index (κ3) is 1.49. The summed E-state index contributed by atoms with van der Waals surface area (Å²) in [7, 11) is 0. The Bertz CT molecular complexity index is 605. The average Bonchev–Trinajstić information content (AvgIpc) is 2.79. The number of carbonyl (C=O) groups excluding carboxylic acids is 1. The topological polar surface area (TPSA) is 58.1 Å². The molecule has 1 N–H and O–H groups in total. The van der Waals surface area contributed by atoms with Gasteiger partial charge in [0, 0.05) is 25.2 Å². The van der Waals surface area contributed by atoms with Crippen molar-refractivity contribution < 1.29 is 13.6 Å². The zero-order chi connectivity index (χ0) is 14.1. The maximum absolute atomic E-state index is 13.3. The number of aryl methyl sites for hydroxylation is 1. The Morgan fingerprint density at radius 1 is 1.30 bits per heavy atom. The number of rotatable bonds is 1. The summed E-state index contributed by atoms with van der Waals surface area (Å²) in [6, 6.07) is 0. The Morgan fingerprint density at radius 3 is 2.70 bits per heavy atom. The van der Waals surface area contributed by atoms with Crippen LogP contribution < -0.4 is 10.2 Å². The van der Waals surface area contributed by atoms with Gasteiger partial charge in [-0.2, -0.15) is 0 Å². The molecule has 5 nitrogen and oxygen atoms in total. The van der Waals surface area contributed by atoms with Gasteiger partial charge in [0.2, 0.25) is 0 Å². The molecule has 1 aromatic heterocycles. The molecule has 0 spiro atoms. The van der Waals surface area contributed by atoms with Gasteiger partial charge in [-0.15, -0.1) is 0 Å². The molecule has 0 bridgehead atoms. The van der Waals surface area contributed by atoms with Crippen LogP contribution in [0.3, 0.4) is 0 Å². The van der Waals surface area contributed by atoms with Crippen molar-refractivity contribution in [1.82, 2.24) is 15.3 Å². The maximum atomic E-state index is 13.3. The molecule has 3 heterocycles. The van der Waals surface area contributed by atoms with E-state index in [-0.39, 0.29) is 5.91 Å². The van der Waals surface area contributed by atoms with Crippen molar-refractivity contribution in [3.05, 3.63) is 17.1 Å². The molecular weight excluding hydrogens is 266 g/mol. The molecule has 4 rings (SSSR count). The van der Waals surface area contributed by atoms with E-state index in [9.17, 15) is 13.6 Å². The van der Waals surface area contributed by atoms with E-state index in [0.29, 0.717) is 43.4 Å². The minimum Gasteiger partial charge on any atom is -0.355 e. The monoisotopic (exact) mass is 280 g/mol. The van der Waals surface area contributed by atoms with Crippen LogP contribution in [0.15, 0.2) is 0 Å². The number of aromatic nitrogens is 2. The van der Waals surface area contributed by atoms with Gasteiger partial charge in [-0.1, -0.05) is 0 Å². The van der Waals surface area contributed by atoms with Crippen LogP contribution in [0.25, 0.3) is 0 Å². The van der Waals surface area contributed by atoms with Crippen molar-refractivity contribution in [2.45, 2.75) is 19.3 Å². The number of hydrogen-bond acceptors (Lipinski definition) is 4. The summed E-state index contributed by atoms with van der Waals surface area (Å²) in [5, 5.41) is 2.75. The molecule has 106 valence electrons. The van der Waals surface area contributed by atoms with Crippen molar-refractivity contribution in [3.8, 4) is 0 Å². The Morgan fingerprint density at radius 2 is 2.00 bits per heavy atom. The summed E-state index contributed by atoms with van der Waals surface area (Å²) in [6.45, 7) is 2.91. The average molecular weight is 280 g/mol. The van der Waals surface area contributed by atoms with Gasteiger partial charge >= 0.3 is 0 Å². The predicted molar refractivity (Wildman–Crippen MR) is 66.9 cm³/mol. The molecule has 1 saturated carbocycles. The molecule has 1 aromatic rings. The van der Waals surface area contributed by atoms with Crippen LogP contribution in [-0.4, -0.2) is 41.4 Å². The molecule has 2 unspecified atom stereocenters. The van der Waals surface area contributed by atoms with Crippen LogP contribution in [0.2, 0.25) is 0 Å². The highest BCUT2D eigenvalue weighted by molar-refractivity contribution is 5.96. The number of hydrogen-bond donors (Lipinski definition) is 1. The van der Waals surface area contributed by atoms with E-state index < -0.39 is 17.8 Å². The fourth-order valence-electron chi connectivity index (χ4n) is 3.33. The second-order valence-corrected chi connectivity index (χ2v) is 5.72. The first kappa shape index (κ1) is 12.0. The number of halogens is 2. The summed E-state index contributed by atoms with van der Waals surface area (Å²) < 4.78 is 26.6. The number of anilines is 1. The molecule has 3 aliphatic rings. The number of fused-ring (bicyclic) bond motifs is 2. The first-order valence-electron chi connectivity index (χ1n) is 6.77. The van der Waals surface area contributed by atoms with Crippen LogP contribution >= 0.6 is 0 Å². The Balaban J connectivity index is 1.71. The number of amides is 1. The van der Waals surface area contributed by atoms with E-state index in [1.54, 1.807) is 6.92 Å². The molecule has 1 aliphatic carbocycles. The van der Waals surface area contributed by atoms with Gasteiger partial charge in [-0.05, 0) is 13.3 Å². The van der Waals surface area contributed by atoms with Gasteiger partial charge in [0.1, 0.15) is 17.3 Å². The standard InChI is InChI=1S/C13H14F2N4O/c1-6-17-10-7(2-3-16-12(10)20)11(18-6)19-4-8-9(5-19)13(8,14)15/h8-9H,2-5H2,1H3,(H,16,20). The normalized spacial score (nSPS) is 29.8. The molecule has 0 radical (unpaired) electrons. The second kappa shape index (κ2) is 3.65. The zero-order valence-electron chi connectivity index (χ0n) is 11.0. The molecule has 2 fully saturated rings. The van der Waals surface area contributed by atoms with E-state index in [4.69, 9.17) is 0 Å². The lowest BCUT2D eigenvalue weighted by Gasteiger charge is -2.26. The van der Waals surface area contributed by atoms with Crippen LogP contribution in [0, 0.1) is 18.8 Å². The quantitative estimate of drug-likeness (QED) is 0.825. The fraction of sp³-hybridized carbons (Fsp3) is 0.615. The fourth-order valence-corrected chi connectivity index (χ4v) is 3.33. The lowest BCUT2D eigenvalue weighted by molar-refractivity contribution is 0.0795. The van der Waals surface area contributed by atoms with E-state index in [2.05, 4.69) is 15.3 Å². The lowest BCUT2D eigenvalue weighted by atomic mass is 10.1. The number of alkyl halides is 2. The predicted octanol–water partition coefficient (Wildman–Crippen LogP) is 0.772. The van der Waals surface area contributed by atoms with E-state index in [0.717, 1.165) is 5.56 Å². The van der Waals surface area contributed by atoms with E-state index >= 15 is 0 Å². The number of piperidine rings is 1. The molecule has 1 saturated heterocycles. The Labute approximate surface area is 114 Å². The van der Waals surface area contributed by atoms with Crippen LogP contribution in [-0.2, 0) is 6.42 Å². The highest BCUT2D eigenvalue weighted by Gasteiger charge is 2.71. The SMILES string of the molecule is Cc1nc2c(c(N3CC4C(C3)C4(F)F)n1)CCNC2=O. The molecule has 2 aliphatic heterocycles. The van der Waals surface area contributed by atoms with Gasteiger partial charge in [0.25, 0.3) is 11.8 Å². The van der Waals surface area contributed by atoms with Crippen molar-refractivity contribution in [1.29, 1.82) is 0 Å². The maximum Gasteiger partial charge on any atom is 0.270 e. The summed E-state index contributed by atoms with van der Waals surface area (Å²) in [5.74, 6) is -2.63. The minimum atomic E-state index is -2.50. The lowest BCUT2D eigenvalue weighted by Crippen LogP contribution is -2.36. The van der Waals surface area contributed by atoms with Gasteiger partial charge in [-0.25, -0.2) is 18.7 Å². The molecule has 1 amide bonds. The number of nitrogens with one attached hydrogen (secondary N) is 1. The largest absolute Gasteiger partial charge is 0.355 e. The van der Waals surface area contributed by atoms with E-state index in [1.807, 2.05) is 4.90 Å². The smallest absolute Gasteiger partial charge is 0.270 e. The van der Waals surface area contributed by atoms with Gasteiger partial charge in [0.15, 0.2) is 0 Å². The molecule has 2 atom stereocenters. The molecule has 20 heavy (non-hydrogen) atoms. The van der Waals surface area contributed by atoms with Crippen molar-refractivity contribution >= 4 is 11.7 Å². The minimum absolute atomic E-state index is 0.201. The highest BCUT2D eigenvalue weighted by Crippen LogP contribution is 2.59. The van der Waals surface area contributed by atoms with Gasteiger partial charge in [-0.3, -0.25) is 4.79 Å². The van der Waals surface area contributed by atoms with Gasteiger partial charge < -0.3 is 10.2 Å². The number of carbonyl (C=O) groups is 1. The Kier molecular flexibility index (Phi) is 2.19. The van der Waals surface area contributed by atoms with Crippen LogP contribution in [0.4, 0.5) is 14.6 Å². The number of nitrogens with zero attached hydrogens (tertiary/aromatic N) is 3. The van der Waals surface area contributed by atoms with Crippen molar-refractivity contribution in [3.63, 3.8) is 0 Å². The molecule has 7 heteroatoms. The van der Waals surface area contributed by atoms with Crippen molar-refractivity contribution in [2.24, 2.45) is 11.8 Å². The summed E-state index contributed by atoms with van der Waals surface area (Å²) in [5.41, 5.74) is 1.19. The summed E-state index contributed by atoms with van der Waals surface area (Å²) in [6.07, 6.45) is 0.652.